The van der Waals surface area contributed by atoms with Crippen molar-refractivity contribution in [2.75, 3.05) is 17.8 Å². The first-order valence-electron chi connectivity index (χ1n) is 10.1. The van der Waals surface area contributed by atoms with Gasteiger partial charge in [-0.25, -0.2) is 9.98 Å². The lowest BCUT2D eigenvalue weighted by molar-refractivity contribution is -0.0663. The van der Waals surface area contributed by atoms with E-state index in [1.807, 2.05) is 0 Å². The van der Waals surface area contributed by atoms with Gasteiger partial charge in [0.25, 0.3) is 0 Å². The first kappa shape index (κ1) is 20.2. The Morgan fingerprint density at radius 2 is 1.72 bits per heavy atom. The number of aliphatic imine (C=N–C) groups is 2. The molecule has 1 atom stereocenters. The normalized spacial score (nSPS) is 24.9. The van der Waals surface area contributed by atoms with Crippen LogP contribution in [0.4, 0.5) is 11.4 Å². The van der Waals surface area contributed by atoms with Gasteiger partial charge in [0.15, 0.2) is 11.0 Å². The number of amidine groups is 2. The third kappa shape index (κ3) is 3.62. The van der Waals surface area contributed by atoms with Crippen LogP contribution < -0.4 is 4.90 Å². The molecule has 2 aromatic carbocycles. The van der Waals surface area contributed by atoms with E-state index < -0.39 is 0 Å². The van der Waals surface area contributed by atoms with Crippen LogP contribution >= 0.6 is 11.8 Å². The first-order valence-corrected chi connectivity index (χ1v) is 11.4. The molecule has 0 N–H and O–H groups in total. The van der Waals surface area contributed by atoms with Gasteiger partial charge in [-0.2, -0.15) is 0 Å². The summed E-state index contributed by atoms with van der Waals surface area (Å²) in [6.07, 6.45) is 3.80. The number of hydrogen-bond donors (Lipinski definition) is 0. The average molecular weight is 408 g/mol. The molecule has 1 spiro atoms. The zero-order valence-electron chi connectivity index (χ0n) is 17.9. The summed E-state index contributed by atoms with van der Waals surface area (Å²) in [5.74, 6) is 0.902. The molecule has 0 unspecified atom stereocenters. The zero-order chi connectivity index (χ0) is 20.6. The van der Waals surface area contributed by atoms with Gasteiger partial charge in [0.05, 0.1) is 11.3 Å². The van der Waals surface area contributed by atoms with E-state index >= 15 is 0 Å². The van der Waals surface area contributed by atoms with Gasteiger partial charge >= 0.3 is 0 Å². The summed E-state index contributed by atoms with van der Waals surface area (Å²) in [4.78, 5) is 12.7. The minimum Gasteiger partial charge on any atom is -0.375 e. The Morgan fingerprint density at radius 1 is 1.03 bits per heavy atom. The Bertz CT molecular complexity index is 947. The van der Waals surface area contributed by atoms with Crippen molar-refractivity contribution in [3.8, 4) is 0 Å². The van der Waals surface area contributed by atoms with Crippen molar-refractivity contribution in [2.45, 2.75) is 51.7 Å². The Hall–Kier alpha value is -2.11. The number of aryl methyl sites for hydroxylation is 2. The molecule has 0 amide bonds. The van der Waals surface area contributed by atoms with Gasteiger partial charge in [-0.3, -0.25) is 0 Å². The minimum absolute atomic E-state index is 0.240. The van der Waals surface area contributed by atoms with Gasteiger partial charge < -0.3 is 9.64 Å². The van der Waals surface area contributed by atoms with E-state index in [0.29, 0.717) is 6.61 Å². The third-order valence-corrected chi connectivity index (χ3v) is 6.46. The fraction of sp³-hybridized carbons (Fsp3) is 0.417. The van der Waals surface area contributed by atoms with Crippen molar-refractivity contribution in [2.24, 2.45) is 9.98 Å². The van der Waals surface area contributed by atoms with E-state index in [0.717, 1.165) is 35.2 Å². The van der Waals surface area contributed by atoms with Crippen molar-refractivity contribution in [1.29, 1.82) is 0 Å². The van der Waals surface area contributed by atoms with Crippen LogP contribution in [-0.2, 0) is 4.74 Å². The molecule has 29 heavy (non-hydrogen) atoms. The number of nitrogens with zero attached hydrogens (tertiary/aromatic N) is 3. The molecule has 2 aromatic rings. The van der Waals surface area contributed by atoms with Crippen LogP contribution in [0.3, 0.4) is 0 Å². The highest BCUT2D eigenvalue weighted by Gasteiger charge is 2.54. The summed E-state index contributed by atoms with van der Waals surface area (Å²) < 4.78 is 6.11. The molecule has 2 aliphatic rings. The summed E-state index contributed by atoms with van der Waals surface area (Å²) in [7, 11) is 0. The Kier molecular flexibility index (Phi) is 5.30. The monoisotopic (exact) mass is 407 g/mol. The highest BCUT2D eigenvalue weighted by molar-refractivity contribution is 8.13. The van der Waals surface area contributed by atoms with Crippen LogP contribution in [0.15, 0.2) is 58.5 Å². The van der Waals surface area contributed by atoms with Crippen LogP contribution in [0.5, 0.6) is 0 Å². The topological polar surface area (TPSA) is 37.2 Å². The fourth-order valence-electron chi connectivity index (χ4n) is 4.54. The predicted molar refractivity (Wildman–Crippen MR) is 125 cm³/mol. The van der Waals surface area contributed by atoms with E-state index in [9.17, 15) is 0 Å². The van der Waals surface area contributed by atoms with Crippen LogP contribution in [0.1, 0.15) is 37.8 Å². The number of para-hydroxylation sites is 2. The molecule has 5 heteroatoms. The van der Waals surface area contributed by atoms with Crippen molar-refractivity contribution < 1.29 is 4.74 Å². The first-order chi connectivity index (χ1) is 13.9. The molecule has 0 aromatic heterocycles. The number of thioether (sulfide) groups is 1. The smallest absolute Gasteiger partial charge is 0.170 e. The zero-order valence-corrected chi connectivity index (χ0v) is 18.7. The number of hydrogen-bond acceptors (Lipinski definition) is 4. The van der Waals surface area contributed by atoms with E-state index in [1.54, 1.807) is 11.8 Å². The summed E-state index contributed by atoms with van der Waals surface area (Å²) >= 11 is 1.68. The van der Waals surface area contributed by atoms with Crippen LogP contribution in [0, 0.1) is 13.8 Å². The van der Waals surface area contributed by atoms with Gasteiger partial charge in [-0.05, 0) is 57.2 Å². The van der Waals surface area contributed by atoms with E-state index in [4.69, 9.17) is 14.7 Å². The van der Waals surface area contributed by atoms with Gasteiger partial charge in [-0.15, -0.1) is 0 Å². The second kappa shape index (κ2) is 7.62. The Morgan fingerprint density at radius 3 is 2.34 bits per heavy atom. The van der Waals surface area contributed by atoms with E-state index in [1.165, 1.54) is 11.1 Å². The van der Waals surface area contributed by atoms with Gasteiger partial charge in [-0.1, -0.05) is 48.2 Å². The second-order valence-electron chi connectivity index (χ2n) is 8.51. The molecule has 1 fully saturated rings. The standard InChI is InChI=1S/C24H29N3OS/c1-17-10-9-11-18(2)20(17)25-21-24(14-15-28-23(3,4)16-24)27(22(26-21)29-5)19-12-7-6-8-13-19/h6-13H,14-16H2,1-5H3/t24-/m1/s1. The lowest BCUT2D eigenvalue weighted by Crippen LogP contribution is -2.59. The summed E-state index contributed by atoms with van der Waals surface area (Å²) in [6, 6.07) is 16.9. The number of ether oxygens (including phenoxy) is 1. The maximum absolute atomic E-state index is 6.11. The predicted octanol–water partition coefficient (Wildman–Crippen LogP) is 5.90. The maximum atomic E-state index is 6.11. The maximum Gasteiger partial charge on any atom is 0.170 e. The minimum atomic E-state index is -0.309. The molecule has 0 bridgehead atoms. The molecule has 4 rings (SSSR count). The molecule has 4 nitrogen and oxygen atoms in total. The lowest BCUT2D eigenvalue weighted by atomic mass is 9.79. The quantitative estimate of drug-likeness (QED) is 0.622. The number of benzene rings is 2. The van der Waals surface area contributed by atoms with Crippen LogP contribution in [0.2, 0.25) is 0 Å². The molecule has 1 saturated heterocycles. The molecule has 0 aliphatic carbocycles. The molecular weight excluding hydrogens is 378 g/mol. The van der Waals surface area contributed by atoms with E-state index in [-0.39, 0.29) is 11.1 Å². The molecule has 2 aliphatic heterocycles. The Labute approximate surface area is 178 Å². The van der Waals surface area contributed by atoms with E-state index in [2.05, 4.69) is 87.4 Å². The summed E-state index contributed by atoms with van der Waals surface area (Å²) in [6.45, 7) is 9.28. The van der Waals surface area contributed by atoms with Gasteiger partial charge in [0.2, 0.25) is 0 Å². The summed E-state index contributed by atoms with van der Waals surface area (Å²) in [5.41, 5.74) is 4.00. The highest BCUT2D eigenvalue weighted by atomic mass is 32.2. The second-order valence-corrected chi connectivity index (χ2v) is 9.29. The third-order valence-electron chi connectivity index (χ3n) is 5.82. The molecule has 0 saturated carbocycles. The largest absolute Gasteiger partial charge is 0.375 e. The number of anilines is 1. The van der Waals surface area contributed by atoms with Gasteiger partial charge in [0, 0.05) is 25.1 Å². The molecule has 0 radical (unpaired) electrons. The SMILES string of the molecule is CSC1=NC(=Nc2c(C)cccc2C)[C@]2(CCOC(C)(C)C2)N1c1ccccc1. The molecule has 2 heterocycles. The average Bonchev–Trinajstić information content (AvgIpc) is 2.96. The Balaban J connectivity index is 1.92. The fourth-order valence-corrected chi connectivity index (χ4v) is 5.18. The summed E-state index contributed by atoms with van der Waals surface area (Å²) in [5, 5.41) is 0.999. The highest BCUT2D eigenvalue weighted by Crippen LogP contribution is 2.45. The van der Waals surface area contributed by atoms with Crippen molar-refractivity contribution in [3.05, 3.63) is 59.7 Å². The number of rotatable bonds is 2. The van der Waals surface area contributed by atoms with Crippen molar-refractivity contribution >= 4 is 34.1 Å². The lowest BCUT2D eigenvalue weighted by Gasteiger charge is -2.47. The van der Waals surface area contributed by atoms with Crippen LogP contribution in [-0.4, -0.2) is 35.0 Å². The van der Waals surface area contributed by atoms with Crippen molar-refractivity contribution in [3.63, 3.8) is 0 Å². The van der Waals surface area contributed by atoms with Crippen LogP contribution in [0.25, 0.3) is 0 Å². The van der Waals surface area contributed by atoms with Gasteiger partial charge in [0.1, 0.15) is 5.54 Å². The molecule has 152 valence electrons. The molecular formula is C24H29N3OS. The van der Waals surface area contributed by atoms with Crippen molar-refractivity contribution in [1.82, 2.24) is 0 Å².